The summed E-state index contributed by atoms with van der Waals surface area (Å²) >= 11 is 0. The van der Waals surface area contributed by atoms with Gasteiger partial charge in [0.2, 0.25) is 0 Å². The maximum absolute atomic E-state index is 12.2. The fourth-order valence-electron chi connectivity index (χ4n) is 2.19. The topological polar surface area (TPSA) is 75.7 Å². The number of ether oxygens (including phenoxy) is 1. The van der Waals surface area contributed by atoms with E-state index in [4.69, 9.17) is 4.74 Å². The van der Waals surface area contributed by atoms with Gasteiger partial charge < -0.3 is 4.74 Å². The molecule has 0 unspecified atom stereocenters. The smallest absolute Gasteiger partial charge is 0.301 e. The number of Topliss-reactive ketones (excluding diaryl/α,β-unsaturated/α-hetero) is 1. The fraction of sp³-hybridized carbons (Fsp3) is 0.462. The first kappa shape index (κ1) is 15.0. The van der Waals surface area contributed by atoms with Crippen LogP contribution in [0.4, 0.5) is 5.69 Å². The number of anilines is 1. The third-order valence-corrected chi connectivity index (χ3v) is 4.75. The van der Waals surface area contributed by atoms with Crippen molar-refractivity contribution in [2.75, 3.05) is 31.1 Å². The van der Waals surface area contributed by atoms with Gasteiger partial charge in [-0.3, -0.25) is 9.10 Å². The second kappa shape index (κ2) is 5.90. The molecule has 1 aromatic carbocycles. The van der Waals surface area contributed by atoms with Crippen molar-refractivity contribution < 1.29 is 17.9 Å². The van der Waals surface area contributed by atoms with Crippen LogP contribution in [0.25, 0.3) is 0 Å². The maximum atomic E-state index is 12.2. The van der Waals surface area contributed by atoms with Crippen molar-refractivity contribution >= 4 is 21.7 Å². The molecule has 20 heavy (non-hydrogen) atoms. The van der Waals surface area contributed by atoms with E-state index in [1.807, 2.05) is 0 Å². The zero-order valence-electron chi connectivity index (χ0n) is 11.5. The van der Waals surface area contributed by atoms with E-state index < -0.39 is 10.2 Å². The zero-order valence-corrected chi connectivity index (χ0v) is 12.4. The first-order valence-corrected chi connectivity index (χ1v) is 7.80. The Hall–Kier alpha value is -1.44. The number of hydrogen-bond acceptors (Lipinski definition) is 4. The van der Waals surface area contributed by atoms with Gasteiger partial charge in [-0.15, -0.1) is 0 Å². The minimum absolute atomic E-state index is 0.0210. The number of fused-ring (bicyclic) bond motifs is 1. The van der Waals surface area contributed by atoms with E-state index in [1.54, 1.807) is 18.2 Å². The van der Waals surface area contributed by atoms with Gasteiger partial charge >= 0.3 is 10.2 Å². The Morgan fingerprint density at radius 2 is 2.20 bits per heavy atom. The van der Waals surface area contributed by atoms with Crippen LogP contribution in [0.3, 0.4) is 0 Å². The third-order valence-electron chi connectivity index (χ3n) is 3.22. The SMILES string of the molecule is COCCNS(=O)(=O)N1CCc2cc(C(C)=O)ccc21. The van der Waals surface area contributed by atoms with E-state index in [1.165, 1.54) is 18.3 Å². The lowest BCUT2D eigenvalue weighted by molar-refractivity contribution is 0.101. The molecule has 0 fully saturated rings. The lowest BCUT2D eigenvalue weighted by atomic mass is 10.1. The number of rotatable bonds is 6. The van der Waals surface area contributed by atoms with E-state index in [9.17, 15) is 13.2 Å². The molecule has 0 saturated carbocycles. The summed E-state index contributed by atoms with van der Waals surface area (Å²) in [6, 6.07) is 5.11. The summed E-state index contributed by atoms with van der Waals surface area (Å²) in [5.41, 5.74) is 2.13. The maximum Gasteiger partial charge on any atom is 0.301 e. The number of benzene rings is 1. The zero-order chi connectivity index (χ0) is 14.8. The monoisotopic (exact) mass is 298 g/mol. The van der Waals surface area contributed by atoms with Gasteiger partial charge in [0.15, 0.2) is 5.78 Å². The Morgan fingerprint density at radius 3 is 2.85 bits per heavy atom. The number of carbonyl (C=O) groups is 1. The van der Waals surface area contributed by atoms with Gasteiger partial charge in [0.1, 0.15) is 0 Å². The van der Waals surface area contributed by atoms with Crippen LogP contribution in [0.1, 0.15) is 22.8 Å². The van der Waals surface area contributed by atoms with Gasteiger partial charge in [-0.05, 0) is 37.1 Å². The Kier molecular flexibility index (Phi) is 4.42. The molecular formula is C13H18N2O4S. The van der Waals surface area contributed by atoms with Gasteiger partial charge in [-0.2, -0.15) is 13.1 Å². The van der Waals surface area contributed by atoms with Crippen LogP contribution in [-0.4, -0.2) is 41.0 Å². The van der Waals surface area contributed by atoms with Crippen molar-refractivity contribution in [3.8, 4) is 0 Å². The Labute approximate surface area is 118 Å². The summed E-state index contributed by atoms with van der Waals surface area (Å²) in [5.74, 6) is -0.0210. The summed E-state index contributed by atoms with van der Waals surface area (Å²) < 4.78 is 33.0. The lowest BCUT2D eigenvalue weighted by Crippen LogP contribution is -2.41. The summed E-state index contributed by atoms with van der Waals surface area (Å²) in [7, 11) is -2.04. The number of methoxy groups -OCH3 is 1. The van der Waals surface area contributed by atoms with Crippen molar-refractivity contribution in [2.24, 2.45) is 0 Å². The van der Waals surface area contributed by atoms with Crippen molar-refractivity contribution in [1.29, 1.82) is 0 Å². The predicted molar refractivity (Wildman–Crippen MR) is 76.3 cm³/mol. The number of hydrogen-bond donors (Lipinski definition) is 1. The molecule has 110 valence electrons. The van der Waals surface area contributed by atoms with Crippen LogP contribution in [-0.2, 0) is 21.4 Å². The summed E-state index contributed by atoms with van der Waals surface area (Å²) in [6.45, 7) is 2.44. The molecule has 0 amide bonds. The van der Waals surface area contributed by atoms with Crippen molar-refractivity contribution in [3.05, 3.63) is 29.3 Å². The average molecular weight is 298 g/mol. The van der Waals surface area contributed by atoms with E-state index in [2.05, 4.69) is 4.72 Å². The highest BCUT2D eigenvalue weighted by Gasteiger charge is 2.29. The minimum Gasteiger partial charge on any atom is -0.383 e. The highest BCUT2D eigenvalue weighted by atomic mass is 32.2. The molecule has 0 spiro atoms. The number of nitrogens with zero attached hydrogens (tertiary/aromatic N) is 1. The molecule has 1 aromatic rings. The van der Waals surface area contributed by atoms with E-state index in [-0.39, 0.29) is 12.3 Å². The molecular weight excluding hydrogens is 280 g/mol. The molecule has 1 N–H and O–H groups in total. The van der Waals surface area contributed by atoms with Crippen LogP contribution in [0.2, 0.25) is 0 Å². The molecule has 0 radical (unpaired) electrons. The molecule has 2 rings (SSSR count). The Morgan fingerprint density at radius 1 is 1.45 bits per heavy atom. The number of ketones is 1. The summed E-state index contributed by atoms with van der Waals surface area (Å²) in [5, 5.41) is 0. The highest BCUT2D eigenvalue weighted by molar-refractivity contribution is 7.90. The van der Waals surface area contributed by atoms with E-state index in [0.29, 0.717) is 30.8 Å². The molecule has 0 aliphatic carbocycles. The first-order chi connectivity index (χ1) is 9.45. The fourth-order valence-corrected chi connectivity index (χ4v) is 3.46. The molecule has 6 nitrogen and oxygen atoms in total. The van der Waals surface area contributed by atoms with Crippen LogP contribution in [0.5, 0.6) is 0 Å². The van der Waals surface area contributed by atoms with E-state index in [0.717, 1.165) is 5.56 Å². The highest BCUT2D eigenvalue weighted by Crippen LogP contribution is 2.30. The normalized spacial score (nSPS) is 14.4. The molecule has 7 heteroatoms. The molecule has 1 aliphatic heterocycles. The van der Waals surface area contributed by atoms with Crippen LogP contribution in [0, 0.1) is 0 Å². The molecule has 0 atom stereocenters. The minimum atomic E-state index is -3.56. The second-order valence-electron chi connectivity index (χ2n) is 4.61. The van der Waals surface area contributed by atoms with Crippen molar-refractivity contribution in [2.45, 2.75) is 13.3 Å². The van der Waals surface area contributed by atoms with Gasteiger partial charge in [-0.1, -0.05) is 0 Å². The lowest BCUT2D eigenvalue weighted by Gasteiger charge is -2.19. The summed E-state index contributed by atoms with van der Waals surface area (Å²) in [4.78, 5) is 11.3. The van der Waals surface area contributed by atoms with Gasteiger partial charge in [-0.25, -0.2) is 0 Å². The quantitative estimate of drug-likeness (QED) is 0.620. The largest absolute Gasteiger partial charge is 0.383 e. The van der Waals surface area contributed by atoms with Crippen molar-refractivity contribution in [1.82, 2.24) is 4.72 Å². The number of nitrogens with one attached hydrogen (secondary N) is 1. The first-order valence-electron chi connectivity index (χ1n) is 6.36. The van der Waals surface area contributed by atoms with Crippen LogP contribution >= 0.6 is 0 Å². The molecule has 0 aromatic heterocycles. The third kappa shape index (κ3) is 3.00. The molecule has 1 heterocycles. The van der Waals surface area contributed by atoms with Gasteiger partial charge in [0.25, 0.3) is 0 Å². The summed E-state index contributed by atoms with van der Waals surface area (Å²) in [6.07, 6.45) is 0.613. The average Bonchev–Trinajstić information content (AvgIpc) is 2.82. The van der Waals surface area contributed by atoms with Gasteiger partial charge in [0, 0.05) is 25.8 Å². The predicted octanol–water partition coefficient (Wildman–Crippen LogP) is 0.732. The van der Waals surface area contributed by atoms with E-state index >= 15 is 0 Å². The number of carbonyl (C=O) groups excluding carboxylic acids is 1. The molecule has 0 saturated heterocycles. The standard InChI is InChI=1S/C13H18N2O4S/c1-10(16)11-3-4-13-12(9-11)5-7-15(13)20(17,18)14-6-8-19-2/h3-4,9,14H,5-8H2,1-2H3. The molecule has 0 bridgehead atoms. The van der Waals surface area contributed by atoms with Gasteiger partial charge in [0.05, 0.1) is 12.3 Å². The Balaban J connectivity index is 2.21. The van der Waals surface area contributed by atoms with Crippen LogP contribution in [0.15, 0.2) is 18.2 Å². The second-order valence-corrected chi connectivity index (χ2v) is 6.29. The Bertz CT molecular complexity index is 613. The van der Waals surface area contributed by atoms with Crippen molar-refractivity contribution in [3.63, 3.8) is 0 Å². The van der Waals surface area contributed by atoms with Crippen LogP contribution < -0.4 is 9.03 Å². The molecule has 1 aliphatic rings.